The number of amides is 2. The van der Waals surface area contributed by atoms with Crippen molar-refractivity contribution in [3.05, 3.63) is 65.6 Å². The molecule has 0 aliphatic carbocycles. The van der Waals surface area contributed by atoms with Crippen molar-refractivity contribution in [1.29, 1.82) is 0 Å². The molecule has 0 radical (unpaired) electrons. The van der Waals surface area contributed by atoms with E-state index in [0.717, 1.165) is 36.2 Å². The van der Waals surface area contributed by atoms with Crippen LogP contribution >= 0.6 is 0 Å². The van der Waals surface area contributed by atoms with Crippen LogP contribution in [0.15, 0.2) is 48.7 Å². The molecule has 1 atom stereocenters. The van der Waals surface area contributed by atoms with Gasteiger partial charge in [-0.1, -0.05) is 37.3 Å². The molecule has 0 aliphatic heterocycles. The maximum Gasteiger partial charge on any atom is 0.320 e. The van der Waals surface area contributed by atoms with Crippen LogP contribution in [-0.2, 0) is 6.42 Å². The molecule has 8 heteroatoms. The Kier molecular flexibility index (Phi) is 6.92. The summed E-state index contributed by atoms with van der Waals surface area (Å²) < 4.78 is 0. The summed E-state index contributed by atoms with van der Waals surface area (Å²) in [5.74, 6) is 0.822. The van der Waals surface area contributed by atoms with Gasteiger partial charge in [-0.25, -0.2) is 14.8 Å². The van der Waals surface area contributed by atoms with Gasteiger partial charge in [-0.2, -0.15) is 5.10 Å². The average molecular weight is 444 g/mol. The maximum absolute atomic E-state index is 12.4. The second-order valence-electron chi connectivity index (χ2n) is 8.42. The summed E-state index contributed by atoms with van der Waals surface area (Å²) in [7, 11) is 0. The Morgan fingerprint density at radius 1 is 1.09 bits per heavy atom. The number of urea groups is 1. The van der Waals surface area contributed by atoms with E-state index in [0.29, 0.717) is 35.1 Å². The highest BCUT2D eigenvalue weighted by Gasteiger charge is 2.13. The zero-order chi connectivity index (χ0) is 23.2. The van der Waals surface area contributed by atoms with Crippen molar-refractivity contribution in [2.45, 2.75) is 40.0 Å². The highest BCUT2D eigenvalue weighted by Crippen LogP contribution is 2.24. The Hall–Kier alpha value is -3.81. The summed E-state index contributed by atoms with van der Waals surface area (Å²) in [4.78, 5) is 25.9. The molecule has 3 aromatic heterocycles. The van der Waals surface area contributed by atoms with E-state index in [4.69, 9.17) is 0 Å². The zero-order valence-corrected chi connectivity index (χ0v) is 19.2. The first-order valence-electron chi connectivity index (χ1n) is 11.2. The first kappa shape index (κ1) is 22.4. The first-order chi connectivity index (χ1) is 16.0. The summed E-state index contributed by atoms with van der Waals surface area (Å²) in [5.41, 5.74) is 5.88. The average Bonchev–Trinajstić information content (AvgIpc) is 3.16. The number of carbonyl (C=O) groups excluding carboxylic acids is 1. The van der Waals surface area contributed by atoms with Crippen LogP contribution in [0.1, 0.15) is 36.7 Å². The number of H-pyrrole nitrogens is 1. The van der Waals surface area contributed by atoms with Crippen LogP contribution in [0.3, 0.4) is 0 Å². The minimum Gasteiger partial charge on any atom is -0.338 e. The third-order valence-corrected chi connectivity index (χ3v) is 5.65. The number of nitrogens with one attached hydrogen (secondary N) is 3. The van der Waals surface area contributed by atoms with Gasteiger partial charge in [0.15, 0.2) is 5.65 Å². The number of aromatic amines is 1. The van der Waals surface area contributed by atoms with Crippen molar-refractivity contribution in [3.8, 4) is 11.3 Å². The Balaban J connectivity index is 1.31. The van der Waals surface area contributed by atoms with E-state index in [2.05, 4.69) is 67.0 Å². The lowest BCUT2D eigenvalue weighted by Gasteiger charge is -2.13. The van der Waals surface area contributed by atoms with Crippen LogP contribution in [0.25, 0.3) is 22.4 Å². The molecule has 0 spiro atoms. The molecule has 33 heavy (non-hydrogen) atoms. The number of hydrogen-bond donors (Lipinski definition) is 3. The summed E-state index contributed by atoms with van der Waals surface area (Å²) >= 11 is 0. The van der Waals surface area contributed by atoms with Crippen molar-refractivity contribution in [2.75, 3.05) is 11.9 Å². The van der Waals surface area contributed by atoms with Crippen LogP contribution < -0.4 is 10.6 Å². The summed E-state index contributed by atoms with van der Waals surface area (Å²) in [5, 5.41) is 12.9. The number of hydrogen-bond acceptors (Lipinski definition) is 5. The smallest absolute Gasteiger partial charge is 0.320 e. The van der Waals surface area contributed by atoms with Crippen molar-refractivity contribution in [3.63, 3.8) is 0 Å². The molecule has 3 N–H and O–H groups in total. The van der Waals surface area contributed by atoms with Crippen molar-refractivity contribution in [1.82, 2.24) is 30.5 Å². The van der Waals surface area contributed by atoms with Gasteiger partial charge in [-0.05, 0) is 56.7 Å². The number of benzene rings is 1. The molecule has 4 aromatic rings. The molecule has 2 amide bonds. The molecule has 1 unspecified atom stereocenters. The molecule has 0 aliphatic rings. The number of carbonyl (C=O) groups is 1. The molecule has 4 rings (SSSR count). The van der Waals surface area contributed by atoms with Gasteiger partial charge in [0.1, 0.15) is 11.3 Å². The van der Waals surface area contributed by atoms with Gasteiger partial charge >= 0.3 is 6.03 Å². The van der Waals surface area contributed by atoms with Crippen molar-refractivity contribution >= 4 is 23.0 Å². The van der Waals surface area contributed by atoms with Gasteiger partial charge in [0.2, 0.25) is 0 Å². The number of aromatic nitrogens is 5. The lowest BCUT2D eigenvalue weighted by atomic mass is 10.0. The maximum atomic E-state index is 12.4. The van der Waals surface area contributed by atoms with E-state index in [1.54, 1.807) is 18.3 Å². The SMILES string of the molecule is Cc1n[nH]c(C)c1-c1cnc2ccc(NC(=O)NCC(C)CCCc3ccccc3)nc2n1. The minimum atomic E-state index is -0.276. The van der Waals surface area contributed by atoms with Crippen LogP contribution in [-0.4, -0.2) is 37.7 Å². The highest BCUT2D eigenvalue weighted by atomic mass is 16.2. The van der Waals surface area contributed by atoms with Gasteiger partial charge in [-0.3, -0.25) is 15.4 Å². The van der Waals surface area contributed by atoms with Crippen LogP contribution in [0.5, 0.6) is 0 Å². The molecule has 3 heterocycles. The van der Waals surface area contributed by atoms with Crippen LogP contribution in [0, 0.1) is 19.8 Å². The summed E-state index contributed by atoms with van der Waals surface area (Å²) in [6.07, 6.45) is 4.92. The third kappa shape index (κ3) is 5.71. The predicted octanol–water partition coefficient (Wildman–Crippen LogP) is 4.81. The molecule has 0 fully saturated rings. The molecule has 0 saturated heterocycles. The molecule has 0 saturated carbocycles. The van der Waals surface area contributed by atoms with Gasteiger partial charge < -0.3 is 5.32 Å². The fourth-order valence-electron chi connectivity index (χ4n) is 3.84. The number of nitrogens with zero attached hydrogens (tertiary/aromatic N) is 4. The molecule has 170 valence electrons. The predicted molar refractivity (Wildman–Crippen MR) is 130 cm³/mol. The molecule has 1 aromatic carbocycles. The van der Waals surface area contributed by atoms with E-state index < -0.39 is 0 Å². The van der Waals surface area contributed by atoms with E-state index in [1.165, 1.54) is 5.56 Å². The van der Waals surface area contributed by atoms with Gasteiger partial charge in [0.05, 0.1) is 17.6 Å². The van der Waals surface area contributed by atoms with Crippen LogP contribution in [0.2, 0.25) is 0 Å². The number of pyridine rings is 1. The van der Waals surface area contributed by atoms with E-state index in [9.17, 15) is 4.79 Å². The number of aryl methyl sites for hydroxylation is 3. The van der Waals surface area contributed by atoms with Gasteiger partial charge in [0, 0.05) is 17.8 Å². The molecule has 8 nitrogen and oxygen atoms in total. The van der Waals surface area contributed by atoms with E-state index in [-0.39, 0.29) is 6.03 Å². The lowest BCUT2D eigenvalue weighted by molar-refractivity contribution is 0.250. The zero-order valence-electron chi connectivity index (χ0n) is 19.2. The number of fused-ring (bicyclic) bond motifs is 1. The first-order valence-corrected chi connectivity index (χ1v) is 11.2. The molecular formula is C25H29N7O. The standard InChI is InChI=1S/C25H29N7O/c1-16(8-7-11-19-9-5-4-6-10-19)14-27-25(33)30-22-13-12-20-24(29-22)28-21(15-26-20)23-17(2)31-32-18(23)3/h4-6,9-10,12-13,15-16H,7-8,11,14H2,1-3H3,(H,31,32)(H2,27,28,29,30,33). The number of anilines is 1. The minimum absolute atomic E-state index is 0.276. The van der Waals surface area contributed by atoms with Crippen LogP contribution in [0.4, 0.5) is 10.6 Å². The second-order valence-corrected chi connectivity index (χ2v) is 8.42. The number of rotatable bonds is 8. The quantitative estimate of drug-likeness (QED) is 0.362. The van der Waals surface area contributed by atoms with Crippen molar-refractivity contribution in [2.24, 2.45) is 5.92 Å². The highest BCUT2D eigenvalue weighted by molar-refractivity contribution is 5.89. The topological polar surface area (TPSA) is 108 Å². The molecule has 0 bridgehead atoms. The summed E-state index contributed by atoms with van der Waals surface area (Å²) in [6.45, 7) is 6.62. The lowest BCUT2D eigenvalue weighted by Crippen LogP contribution is -2.32. The Morgan fingerprint density at radius 3 is 2.67 bits per heavy atom. The Labute approximate surface area is 193 Å². The fourth-order valence-corrected chi connectivity index (χ4v) is 3.84. The van der Waals surface area contributed by atoms with E-state index in [1.807, 2.05) is 19.9 Å². The van der Waals surface area contributed by atoms with E-state index >= 15 is 0 Å². The van der Waals surface area contributed by atoms with Crippen molar-refractivity contribution < 1.29 is 4.79 Å². The van der Waals surface area contributed by atoms with Gasteiger partial charge in [0.25, 0.3) is 0 Å². The summed E-state index contributed by atoms with van der Waals surface area (Å²) in [6, 6.07) is 13.7. The largest absolute Gasteiger partial charge is 0.338 e. The second kappa shape index (κ2) is 10.2. The third-order valence-electron chi connectivity index (χ3n) is 5.65. The Morgan fingerprint density at radius 2 is 1.91 bits per heavy atom. The van der Waals surface area contributed by atoms with Gasteiger partial charge in [-0.15, -0.1) is 0 Å². The monoisotopic (exact) mass is 443 g/mol. The molecular weight excluding hydrogens is 414 g/mol. The fraction of sp³-hybridized carbons (Fsp3) is 0.320. The Bertz CT molecular complexity index is 1220. The normalized spacial score (nSPS) is 12.0.